The Labute approximate surface area is 190 Å². The highest BCUT2D eigenvalue weighted by molar-refractivity contribution is 7.15. The van der Waals surface area contributed by atoms with Crippen molar-refractivity contribution >= 4 is 11.3 Å². The lowest BCUT2D eigenvalue weighted by molar-refractivity contribution is -0.169. The Morgan fingerprint density at radius 2 is 1.56 bits per heavy atom. The zero-order valence-corrected chi connectivity index (χ0v) is 18.4. The summed E-state index contributed by atoms with van der Waals surface area (Å²) in [6.07, 6.45) is -4.78. The average Bonchev–Trinajstić information content (AvgIpc) is 3.24. The molecule has 1 fully saturated rings. The van der Waals surface area contributed by atoms with Crippen LogP contribution < -0.4 is 0 Å². The maximum absolute atomic E-state index is 13.2. The molecule has 0 aliphatic heterocycles. The minimum atomic E-state index is -1.46. The van der Waals surface area contributed by atoms with Gasteiger partial charge < -0.3 is 25.5 Å². The zero-order chi connectivity index (χ0) is 23.0. The van der Waals surface area contributed by atoms with Gasteiger partial charge in [-0.05, 0) is 53.4 Å². The van der Waals surface area contributed by atoms with E-state index < -0.39 is 42.9 Å². The third kappa shape index (κ3) is 4.37. The highest BCUT2D eigenvalue weighted by Crippen LogP contribution is 2.38. The third-order valence-electron chi connectivity index (χ3n) is 6.44. The second-order valence-corrected chi connectivity index (χ2v) is 9.64. The van der Waals surface area contributed by atoms with Gasteiger partial charge >= 0.3 is 0 Å². The molecule has 7 heteroatoms. The largest absolute Gasteiger partial charge is 0.396 e. The van der Waals surface area contributed by atoms with E-state index in [2.05, 4.69) is 0 Å². The van der Waals surface area contributed by atoms with Crippen molar-refractivity contribution in [3.8, 4) is 10.4 Å². The third-order valence-corrected chi connectivity index (χ3v) is 7.57. The van der Waals surface area contributed by atoms with Gasteiger partial charge in [0, 0.05) is 28.0 Å². The first-order valence-electron chi connectivity index (χ1n) is 10.6. The molecule has 0 radical (unpaired) electrons. The number of thiophene rings is 1. The molecular formula is C25H27FO5S. The van der Waals surface area contributed by atoms with E-state index in [1.54, 1.807) is 29.5 Å². The normalized spacial score (nSPS) is 28.1. The van der Waals surface area contributed by atoms with Crippen LogP contribution in [0.25, 0.3) is 10.4 Å². The molecule has 5 nitrogen and oxygen atoms in total. The Balaban J connectivity index is 1.60. The van der Waals surface area contributed by atoms with Crippen molar-refractivity contribution in [1.82, 2.24) is 0 Å². The lowest BCUT2D eigenvalue weighted by Crippen LogP contribution is -2.58. The molecule has 0 unspecified atom stereocenters. The maximum Gasteiger partial charge on any atom is 0.123 e. The first-order chi connectivity index (χ1) is 15.3. The summed E-state index contributed by atoms with van der Waals surface area (Å²) in [5.74, 6) is -2.05. The number of halogens is 1. The van der Waals surface area contributed by atoms with Gasteiger partial charge in [0.25, 0.3) is 0 Å². The summed E-state index contributed by atoms with van der Waals surface area (Å²) in [6, 6.07) is 16.0. The van der Waals surface area contributed by atoms with Crippen LogP contribution in [-0.2, 0) is 6.42 Å². The maximum atomic E-state index is 13.2. The fourth-order valence-electron chi connectivity index (χ4n) is 4.47. The minimum absolute atomic E-state index is 0.272. The lowest BCUT2D eigenvalue weighted by Gasteiger charge is -2.44. The molecule has 6 atom stereocenters. The monoisotopic (exact) mass is 458 g/mol. The Kier molecular flexibility index (Phi) is 6.76. The number of rotatable bonds is 5. The fourth-order valence-corrected chi connectivity index (χ4v) is 5.50. The first kappa shape index (κ1) is 23.0. The smallest absolute Gasteiger partial charge is 0.123 e. The molecule has 4 rings (SSSR count). The summed E-state index contributed by atoms with van der Waals surface area (Å²) in [7, 11) is 0. The summed E-state index contributed by atoms with van der Waals surface area (Å²) in [6.45, 7) is 1.49. The van der Waals surface area contributed by atoms with Gasteiger partial charge in [-0.1, -0.05) is 30.3 Å². The predicted molar refractivity (Wildman–Crippen MR) is 121 cm³/mol. The number of aliphatic hydroxyl groups is 5. The van der Waals surface area contributed by atoms with Crippen molar-refractivity contribution < 1.29 is 29.9 Å². The van der Waals surface area contributed by atoms with Crippen LogP contribution in [0.1, 0.15) is 27.5 Å². The summed E-state index contributed by atoms with van der Waals surface area (Å²) < 4.78 is 13.2. The molecule has 5 N–H and O–H groups in total. The van der Waals surface area contributed by atoms with Gasteiger partial charge in [0.05, 0.1) is 24.9 Å². The second-order valence-electron chi connectivity index (χ2n) is 8.47. The van der Waals surface area contributed by atoms with Gasteiger partial charge in [-0.3, -0.25) is 0 Å². The van der Waals surface area contributed by atoms with Crippen LogP contribution in [0.4, 0.5) is 4.39 Å². The molecule has 32 heavy (non-hydrogen) atoms. The highest BCUT2D eigenvalue weighted by Gasteiger charge is 2.48. The van der Waals surface area contributed by atoms with E-state index in [9.17, 15) is 29.9 Å². The molecule has 2 aromatic carbocycles. The van der Waals surface area contributed by atoms with E-state index >= 15 is 0 Å². The molecule has 0 bridgehead atoms. The number of aliphatic hydroxyl groups excluding tert-OH is 5. The summed E-state index contributed by atoms with van der Waals surface area (Å²) in [5.41, 5.74) is 3.65. The first-order valence-corrected chi connectivity index (χ1v) is 11.4. The Morgan fingerprint density at radius 1 is 0.844 bits per heavy atom. The van der Waals surface area contributed by atoms with Gasteiger partial charge in [-0.2, -0.15) is 0 Å². The van der Waals surface area contributed by atoms with Crippen molar-refractivity contribution in [3.05, 3.63) is 82.0 Å². The standard InChI is InChI=1S/C25H27FO5S/c1-13-2-3-15(21-22(28)19(12-27)23(29)25(31)24(21)30)10-16(13)11-18-8-9-20(32-18)14-4-6-17(26)7-5-14/h2-10,19,21-25,27-31H,11-12H2,1H3/t19-,21+,22-,23+,24-,25-/m0/s1. The molecule has 1 aliphatic rings. The van der Waals surface area contributed by atoms with Gasteiger partial charge in [0.15, 0.2) is 0 Å². The van der Waals surface area contributed by atoms with Gasteiger partial charge in [0.2, 0.25) is 0 Å². The van der Waals surface area contributed by atoms with Gasteiger partial charge in [-0.15, -0.1) is 11.3 Å². The van der Waals surface area contributed by atoms with Gasteiger partial charge in [-0.25, -0.2) is 4.39 Å². The zero-order valence-electron chi connectivity index (χ0n) is 17.6. The molecular weight excluding hydrogens is 431 g/mol. The van der Waals surface area contributed by atoms with E-state index in [1.165, 1.54) is 12.1 Å². The van der Waals surface area contributed by atoms with Crippen LogP contribution in [0.5, 0.6) is 0 Å². The van der Waals surface area contributed by atoms with Crippen LogP contribution in [0, 0.1) is 18.7 Å². The summed E-state index contributed by atoms with van der Waals surface area (Å²) in [5, 5.41) is 51.2. The molecule has 1 aliphatic carbocycles. The highest BCUT2D eigenvalue weighted by atomic mass is 32.1. The number of hydrogen-bond donors (Lipinski definition) is 5. The average molecular weight is 459 g/mol. The Hall–Kier alpha value is -2.13. The van der Waals surface area contributed by atoms with Crippen molar-refractivity contribution in [2.24, 2.45) is 5.92 Å². The Bertz CT molecular complexity index is 1070. The van der Waals surface area contributed by atoms with Gasteiger partial charge in [0.1, 0.15) is 11.9 Å². The van der Waals surface area contributed by atoms with E-state index in [-0.39, 0.29) is 5.82 Å². The number of benzene rings is 2. The van der Waals surface area contributed by atoms with Crippen LogP contribution in [0.15, 0.2) is 54.6 Å². The van der Waals surface area contributed by atoms with E-state index in [1.807, 2.05) is 31.2 Å². The number of hydrogen-bond acceptors (Lipinski definition) is 6. The molecule has 1 saturated carbocycles. The van der Waals surface area contributed by atoms with Crippen molar-refractivity contribution in [2.75, 3.05) is 6.61 Å². The molecule has 3 aromatic rings. The second kappa shape index (κ2) is 9.39. The van der Waals surface area contributed by atoms with Crippen LogP contribution in [0.2, 0.25) is 0 Å². The number of aryl methyl sites for hydroxylation is 1. The lowest BCUT2D eigenvalue weighted by atomic mass is 9.70. The van der Waals surface area contributed by atoms with E-state index in [0.29, 0.717) is 12.0 Å². The van der Waals surface area contributed by atoms with Crippen LogP contribution in [0.3, 0.4) is 0 Å². The predicted octanol–water partition coefficient (Wildman–Crippen LogP) is 2.60. The molecule has 0 spiro atoms. The summed E-state index contributed by atoms with van der Waals surface area (Å²) in [4.78, 5) is 2.15. The summed E-state index contributed by atoms with van der Waals surface area (Å²) >= 11 is 1.62. The van der Waals surface area contributed by atoms with Crippen LogP contribution in [-0.4, -0.2) is 56.6 Å². The topological polar surface area (TPSA) is 101 Å². The minimum Gasteiger partial charge on any atom is -0.396 e. The SMILES string of the molecule is Cc1ccc([C@H]2[C@H](O)[C@@H](O)[C@H](O)[C@@H](CO)[C@@H]2O)cc1Cc1ccc(-c2ccc(F)cc2)s1. The van der Waals surface area contributed by atoms with Crippen molar-refractivity contribution in [1.29, 1.82) is 0 Å². The molecule has 170 valence electrons. The molecule has 0 amide bonds. The molecule has 1 aromatic heterocycles. The van der Waals surface area contributed by atoms with Crippen LogP contribution >= 0.6 is 11.3 Å². The van der Waals surface area contributed by atoms with E-state index in [0.717, 1.165) is 26.4 Å². The van der Waals surface area contributed by atoms with Crippen molar-refractivity contribution in [3.63, 3.8) is 0 Å². The molecule has 1 heterocycles. The molecule has 0 saturated heterocycles. The van der Waals surface area contributed by atoms with Crippen molar-refractivity contribution in [2.45, 2.75) is 43.7 Å². The Morgan fingerprint density at radius 3 is 2.25 bits per heavy atom. The van der Waals surface area contributed by atoms with E-state index in [4.69, 9.17) is 0 Å². The quantitative estimate of drug-likeness (QED) is 0.405. The fraction of sp³-hybridized carbons (Fsp3) is 0.360.